The van der Waals surface area contributed by atoms with Gasteiger partial charge in [0.15, 0.2) is 5.69 Å². The molecule has 106 valence electrons. The number of carboxylic acids is 1. The van der Waals surface area contributed by atoms with E-state index in [-0.39, 0.29) is 18.7 Å². The van der Waals surface area contributed by atoms with Crippen LogP contribution < -0.4 is 4.74 Å². The first-order valence-corrected chi connectivity index (χ1v) is 6.14. The lowest BCUT2D eigenvalue weighted by atomic mass is 10.2. The standard InChI is InChI=1S/C14H16N2O4/c1-9-3-4-12(20-2)11(7-9)16-8-10(5-6-17)13(15-16)14(18)19/h3-4,7-8,17H,5-6H2,1-2H3,(H,18,19). The van der Waals surface area contributed by atoms with Gasteiger partial charge in [-0.15, -0.1) is 0 Å². The van der Waals surface area contributed by atoms with Gasteiger partial charge in [0.25, 0.3) is 0 Å². The van der Waals surface area contributed by atoms with Crippen LogP contribution in [0.25, 0.3) is 5.69 Å². The van der Waals surface area contributed by atoms with Crippen molar-refractivity contribution in [3.05, 3.63) is 41.2 Å². The van der Waals surface area contributed by atoms with Crippen molar-refractivity contribution in [3.63, 3.8) is 0 Å². The normalized spacial score (nSPS) is 10.6. The van der Waals surface area contributed by atoms with Crippen molar-refractivity contribution in [1.29, 1.82) is 0 Å². The lowest BCUT2D eigenvalue weighted by molar-refractivity contribution is 0.0688. The molecule has 20 heavy (non-hydrogen) atoms. The predicted octanol–water partition coefficient (Wildman–Crippen LogP) is 1.42. The van der Waals surface area contributed by atoms with Crippen LogP contribution >= 0.6 is 0 Å². The van der Waals surface area contributed by atoms with Crippen molar-refractivity contribution in [2.75, 3.05) is 13.7 Å². The van der Waals surface area contributed by atoms with Crippen LogP contribution in [0.2, 0.25) is 0 Å². The number of ether oxygens (including phenoxy) is 1. The maximum absolute atomic E-state index is 11.2. The van der Waals surface area contributed by atoms with Crippen LogP contribution in [0, 0.1) is 6.92 Å². The first-order valence-electron chi connectivity index (χ1n) is 6.14. The average Bonchev–Trinajstić information content (AvgIpc) is 2.83. The number of benzene rings is 1. The summed E-state index contributed by atoms with van der Waals surface area (Å²) in [5.74, 6) is -0.510. The maximum Gasteiger partial charge on any atom is 0.356 e. The summed E-state index contributed by atoms with van der Waals surface area (Å²) in [5.41, 5.74) is 2.11. The summed E-state index contributed by atoms with van der Waals surface area (Å²) < 4.78 is 6.74. The lowest BCUT2D eigenvalue weighted by Gasteiger charge is -2.09. The van der Waals surface area contributed by atoms with Crippen LogP contribution in [0.4, 0.5) is 0 Å². The molecule has 6 nitrogen and oxygen atoms in total. The van der Waals surface area contributed by atoms with Crippen LogP contribution in [0.15, 0.2) is 24.4 Å². The molecule has 0 bridgehead atoms. The molecule has 6 heteroatoms. The van der Waals surface area contributed by atoms with Gasteiger partial charge in [-0.3, -0.25) is 0 Å². The molecule has 0 aliphatic rings. The summed E-state index contributed by atoms with van der Waals surface area (Å²) in [6.07, 6.45) is 1.85. The minimum Gasteiger partial charge on any atom is -0.494 e. The molecular weight excluding hydrogens is 260 g/mol. The molecule has 0 atom stereocenters. The van der Waals surface area contributed by atoms with Gasteiger partial charge in [0, 0.05) is 18.4 Å². The van der Waals surface area contributed by atoms with Crippen molar-refractivity contribution < 1.29 is 19.7 Å². The van der Waals surface area contributed by atoms with E-state index in [0.29, 0.717) is 17.0 Å². The van der Waals surface area contributed by atoms with E-state index in [0.717, 1.165) is 5.56 Å². The molecule has 1 aromatic carbocycles. The van der Waals surface area contributed by atoms with Gasteiger partial charge < -0.3 is 14.9 Å². The number of aliphatic hydroxyl groups is 1. The number of aromatic nitrogens is 2. The Morgan fingerprint density at radius 3 is 2.80 bits per heavy atom. The minimum absolute atomic E-state index is 0.0531. The molecule has 2 rings (SSSR count). The fraction of sp³-hybridized carbons (Fsp3) is 0.286. The molecule has 0 radical (unpaired) electrons. The Morgan fingerprint density at radius 1 is 1.45 bits per heavy atom. The maximum atomic E-state index is 11.2. The Labute approximate surface area is 116 Å². The van der Waals surface area contributed by atoms with Crippen LogP contribution in [-0.2, 0) is 6.42 Å². The number of carboxylic acid groups (broad SMARTS) is 1. The summed E-state index contributed by atoms with van der Waals surface area (Å²) in [7, 11) is 1.55. The summed E-state index contributed by atoms with van der Waals surface area (Å²) >= 11 is 0. The fourth-order valence-electron chi connectivity index (χ4n) is 2.00. The largest absolute Gasteiger partial charge is 0.494 e. The van der Waals surface area contributed by atoms with Gasteiger partial charge in [0.2, 0.25) is 0 Å². The molecule has 0 fully saturated rings. The molecule has 1 aromatic heterocycles. The predicted molar refractivity (Wildman–Crippen MR) is 72.6 cm³/mol. The Balaban J connectivity index is 2.55. The third-order valence-corrected chi connectivity index (χ3v) is 2.95. The Hall–Kier alpha value is -2.34. The zero-order chi connectivity index (χ0) is 14.7. The van der Waals surface area contributed by atoms with E-state index in [1.54, 1.807) is 19.4 Å². The molecular formula is C14H16N2O4. The number of methoxy groups -OCH3 is 1. The van der Waals surface area contributed by atoms with E-state index in [9.17, 15) is 4.79 Å². The number of carbonyl (C=O) groups is 1. The van der Waals surface area contributed by atoms with Crippen molar-refractivity contribution in [2.45, 2.75) is 13.3 Å². The van der Waals surface area contributed by atoms with E-state index in [2.05, 4.69) is 5.10 Å². The van der Waals surface area contributed by atoms with Gasteiger partial charge in [-0.25, -0.2) is 9.48 Å². The molecule has 2 N–H and O–H groups in total. The zero-order valence-corrected chi connectivity index (χ0v) is 11.3. The van der Waals surface area contributed by atoms with Crippen LogP contribution in [0.5, 0.6) is 5.75 Å². The Morgan fingerprint density at radius 2 is 2.20 bits per heavy atom. The van der Waals surface area contributed by atoms with E-state index in [1.165, 1.54) is 4.68 Å². The number of hydrogen-bond acceptors (Lipinski definition) is 4. The highest BCUT2D eigenvalue weighted by Crippen LogP contribution is 2.24. The van der Waals surface area contributed by atoms with Gasteiger partial charge in [-0.05, 0) is 31.0 Å². The third-order valence-electron chi connectivity index (χ3n) is 2.95. The monoisotopic (exact) mass is 276 g/mol. The second-order valence-electron chi connectivity index (χ2n) is 4.40. The number of nitrogens with zero attached hydrogens (tertiary/aromatic N) is 2. The highest BCUT2D eigenvalue weighted by atomic mass is 16.5. The number of hydrogen-bond donors (Lipinski definition) is 2. The summed E-state index contributed by atoms with van der Waals surface area (Å²) in [6.45, 7) is 1.80. The number of aromatic carboxylic acids is 1. The van der Waals surface area contributed by atoms with E-state index < -0.39 is 5.97 Å². The average molecular weight is 276 g/mol. The quantitative estimate of drug-likeness (QED) is 0.862. The lowest BCUT2D eigenvalue weighted by Crippen LogP contribution is -2.04. The molecule has 0 saturated heterocycles. The molecule has 1 heterocycles. The van der Waals surface area contributed by atoms with Gasteiger partial charge in [-0.1, -0.05) is 6.07 Å². The van der Waals surface area contributed by atoms with Crippen molar-refractivity contribution in [3.8, 4) is 11.4 Å². The van der Waals surface area contributed by atoms with E-state index >= 15 is 0 Å². The fourth-order valence-corrected chi connectivity index (χ4v) is 2.00. The molecule has 2 aromatic rings. The minimum atomic E-state index is -1.11. The van der Waals surface area contributed by atoms with Crippen molar-refractivity contribution in [1.82, 2.24) is 9.78 Å². The number of aryl methyl sites for hydroxylation is 1. The second-order valence-corrected chi connectivity index (χ2v) is 4.40. The van der Waals surface area contributed by atoms with E-state index in [4.69, 9.17) is 14.9 Å². The second kappa shape index (κ2) is 5.75. The van der Waals surface area contributed by atoms with Gasteiger partial charge in [0.1, 0.15) is 11.4 Å². The SMILES string of the molecule is COc1ccc(C)cc1-n1cc(CCO)c(C(=O)O)n1. The zero-order valence-electron chi connectivity index (χ0n) is 11.3. The van der Waals surface area contributed by atoms with Gasteiger partial charge >= 0.3 is 5.97 Å². The molecule has 0 unspecified atom stereocenters. The molecule has 0 spiro atoms. The summed E-state index contributed by atoms with van der Waals surface area (Å²) in [5, 5.41) is 22.2. The summed E-state index contributed by atoms with van der Waals surface area (Å²) in [6, 6.07) is 5.57. The Kier molecular flexibility index (Phi) is 4.05. The van der Waals surface area contributed by atoms with Crippen LogP contribution in [0.3, 0.4) is 0 Å². The molecule has 0 saturated carbocycles. The highest BCUT2D eigenvalue weighted by Gasteiger charge is 2.17. The molecule has 0 aliphatic heterocycles. The summed E-state index contributed by atoms with van der Waals surface area (Å²) in [4.78, 5) is 11.2. The highest BCUT2D eigenvalue weighted by molar-refractivity contribution is 5.87. The molecule has 0 amide bonds. The van der Waals surface area contributed by atoms with Gasteiger partial charge in [-0.2, -0.15) is 5.10 Å². The number of rotatable bonds is 5. The van der Waals surface area contributed by atoms with Crippen LogP contribution in [0.1, 0.15) is 21.6 Å². The first kappa shape index (κ1) is 14.1. The van der Waals surface area contributed by atoms with E-state index in [1.807, 2.05) is 19.1 Å². The topological polar surface area (TPSA) is 84.6 Å². The van der Waals surface area contributed by atoms with Crippen molar-refractivity contribution >= 4 is 5.97 Å². The molecule has 0 aliphatic carbocycles. The number of aliphatic hydroxyl groups excluding tert-OH is 1. The Bertz CT molecular complexity index is 634. The third kappa shape index (κ3) is 2.65. The smallest absolute Gasteiger partial charge is 0.356 e. The van der Waals surface area contributed by atoms with Crippen LogP contribution in [-0.4, -0.2) is 39.7 Å². The van der Waals surface area contributed by atoms with Gasteiger partial charge in [0.05, 0.1) is 7.11 Å². The van der Waals surface area contributed by atoms with Crippen molar-refractivity contribution in [2.24, 2.45) is 0 Å². The first-order chi connectivity index (χ1) is 9.56.